The largest absolute Gasteiger partial charge is 0.481 e. The fraction of sp³-hybridized carbons (Fsp3) is 0.364. The molecule has 0 unspecified atom stereocenters. The van der Waals surface area contributed by atoms with Crippen molar-refractivity contribution in [2.75, 3.05) is 5.32 Å². The van der Waals surface area contributed by atoms with Gasteiger partial charge >= 0.3 is 5.97 Å². The number of hydrogen-bond acceptors (Lipinski definition) is 2. The van der Waals surface area contributed by atoms with Crippen LogP contribution in [0.25, 0.3) is 0 Å². The maximum atomic E-state index is 10.6. The van der Waals surface area contributed by atoms with Gasteiger partial charge in [0.25, 0.3) is 0 Å². The molecule has 0 aliphatic heterocycles. The molecular formula is C11H15NO2. The molecule has 0 aliphatic carbocycles. The summed E-state index contributed by atoms with van der Waals surface area (Å²) in [6.07, 6.45) is 0.0991. The van der Waals surface area contributed by atoms with Gasteiger partial charge in [0.1, 0.15) is 0 Å². The van der Waals surface area contributed by atoms with E-state index in [1.165, 1.54) is 0 Å². The van der Waals surface area contributed by atoms with E-state index in [0.29, 0.717) is 0 Å². The summed E-state index contributed by atoms with van der Waals surface area (Å²) in [4.78, 5) is 10.6. The Morgan fingerprint density at radius 3 is 2.43 bits per heavy atom. The summed E-state index contributed by atoms with van der Waals surface area (Å²) >= 11 is 0. The third-order valence-corrected chi connectivity index (χ3v) is 1.85. The Bertz CT molecular complexity index is 306. The number of rotatable bonds is 4. The Hall–Kier alpha value is -1.51. The molecule has 0 atom stereocenters. The number of carboxylic acids is 1. The fourth-order valence-electron chi connectivity index (χ4n) is 1.33. The van der Waals surface area contributed by atoms with Crippen LogP contribution in [-0.4, -0.2) is 16.6 Å². The quantitative estimate of drug-likeness (QED) is 0.771. The summed E-state index contributed by atoms with van der Waals surface area (Å²) in [5.74, 6) is -0.793. The van der Waals surface area contributed by atoms with Gasteiger partial charge in [-0.3, -0.25) is 4.79 Å². The first-order chi connectivity index (χ1) is 6.49. The van der Waals surface area contributed by atoms with Crippen molar-refractivity contribution in [3.63, 3.8) is 0 Å². The molecule has 0 spiro atoms. The first kappa shape index (κ1) is 10.6. The van der Waals surface area contributed by atoms with Gasteiger partial charge in [0.2, 0.25) is 0 Å². The molecule has 0 aromatic heterocycles. The van der Waals surface area contributed by atoms with E-state index in [1.807, 2.05) is 44.2 Å². The Morgan fingerprint density at radius 2 is 1.93 bits per heavy atom. The SMILES string of the molecule is CC(C)(CC(=O)O)Nc1ccccc1. The third-order valence-electron chi connectivity index (χ3n) is 1.85. The van der Waals surface area contributed by atoms with E-state index in [-0.39, 0.29) is 6.42 Å². The van der Waals surface area contributed by atoms with Crippen LogP contribution in [0.1, 0.15) is 20.3 Å². The fourth-order valence-corrected chi connectivity index (χ4v) is 1.33. The second kappa shape index (κ2) is 4.13. The lowest BCUT2D eigenvalue weighted by atomic mass is 10.0. The lowest BCUT2D eigenvalue weighted by Crippen LogP contribution is -2.33. The third kappa shape index (κ3) is 3.47. The van der Waals surface area contributed by atoms with E-state index in [4.69, 9.17) is 5.11 Å². The Balaban J connectivity index is 2.63. The van der Waals surface area contributed by atoms with E-state index < -0.39 is 11.5 Å². The van der Waals surface area contributed by atoms with Crippen molar-refractivity contribution in [3.05, 3.63) is 30.3 Å². The van der Waals surface area contributed by atoms with Gasteiger partial charge in [-0.1, -0.05) is 18.2 Å². The zero-order chi connectivity index (χ0) is 10.6. The van der Waals surface area contributed by atoms with Crippen molar-refractivity contribution in [2.45, 2.75) is 25.8 Å². The van der Waals surface area contributed by atoms with E-state index in [0.717, 1.165) is 5.69 Å². The maximum Gasteiger partial charge on any atom is 0.305 e. The van der Waals surface area contributed by atoms with Crippen LogP contribution in [-0.2, 0) is 4.79 Å². The topological polar surface area (TPSA) is 49.3 Å². The molecule has 0 saturated heterocycles. The standard InChI is InChI=1S/C11H15NO2/c1-11(2,8-10(13)14)12-9-6-4-3-5-7-9/h3-7,12H,8H2,1-2H3,(H,13,14). The lowest BCUT2D eigenvalue weighted by molar-refractivity contribution is -0.137. The highest BCUT2D eigenvalue weighted by molar-refractivity contribution is 5.69. The molecular weight excluding hydrogens is 178 g/mol. The first-order valence-corrected chi connectivity index (χ1v) is 4.55. The zero-order valence-electron chi connectivity index (χ0n) is 8.45. The molecule has 0 radical (unpaired) electrons. The summed E-state index contributed by atoms with van der Waals surface area (Å²) < 4.78 is 0. The van der Waals surface area contributed by atoms with Gasteiger partial charge in [0, 0.05) is 11.2 Å². The van der Waals surface area contributed by atoms with Crippen LogP contribution in [0, 0.1) is 0 Å². The van der Waals surface area contributed by atoms with E-state index in [9.17, 15) is 4.79 Å². The minimum Gasteiger partial charge on any atom is -0.481 e. The van der Waals surface area contributed by atoms with Crippen molar-refractivity contribution in [3.8, 4) is 0 Å². The Labute approximate surface area is 83.8 Å². The average Bonchev–Trinajstić information content (AvgIpc) is 2.02. The highest BCUT2D eigenvalue weighted by Gasteiger charge is 2.20. The predicted octanol–water partition coefficient (Wildman–Crippen LogP) is 2.35. The van der Waals surface area contributed by atoms with Crippen molar-refractivity contribution in [1.82, 2.24) is 0 Å². The van der Waals surface area contributed by atoms with Gasteiger partial charge in [-0.2, -0.15) is 0 Å². The number of carboxylic acid groups (broad SMARTS) is 1. The maximum absolute atomic E-state index is 10.6. The summed E-state index contributed by atoms with van der Waals surface area (Å²) in [5.41, 5.74) is 0.520. The number of benzene rings is 1. The van der Waals surface area contributed by atoms with Gasteiger partial charge in [-0.15, -0.1) is 0 Å². The zero-order valence-corrected chi connectivity index (χ0v) is 8.45. The summed E-state index contributed by atoms with van der Waals surface area (Å²) in [5, 5.41) is 11.9. The normalized spacial score (nSPS) is 11.0. The second-order valence-electron chi connectivity index (χ2n) is 3.95. The predicted molar refractivity (Wildman–Crippen MR) is 56.4 cm³/mol. The molecule has 0 heterocycles. The molecule has 2 N–H and O–H groups in total. The number of para-hydroxylation sites is 1. The number of aliphatic carboxylic acids is 1. The molecule has 0 bridgehead atoms. The molecule has 0 fully saturated rings. The van der Waals surface area contributed by atoms with E-state index in [2.05, 4.69) is 5.32 Å². The number of nitrogens with one attached hydrogen (secondary N) is 1. The summed E-state index contributed by atoms with van der Waals surface area (Å²) in [7, 11) is 0. The van der Waals surface area contributed by atoms with E-state index >= 15 is 0 Å². The highest BCUT2D eigenvalue weighted by Crippen LogP contribution is 2.17. The molecule has 76 valence electrons. The number of carbonyl (C=O) groups is 1. The monoisotopic (exact) mass is 193 g/mol. The van der Waals surface area contributed by atoms with Crippen LogP contribution in [0.5, 0.6) is 0 Å². The van der Waals surface area contributed by atoms with Crippen molar-refractivity contribution < 1.29 is 9.90 Å². The summed E-state index contributed by atoms with van der Waals surface area (Å²) in [6, 6.07) is 9.60. The molecule has 3 nitrogen and oxygen atoms in total. The van der Waals surface area contributed by atoms with Crippen LogP contribution < -0.4 is 5.32 Å². The van der Waals surface area contributed by atoms with Gasteiger partial charge in [-0.05, 0) is 26.0 Å². The molecule has 3 heteroatoms. The summed E-state index contributed by atoms with van der Waals surface area (Å²) in [6.45, 7) is 3.74. The highest BCUT2D eigenvalue weighted by atomic mass is 16.4. The molecule has 1 rings (SSSR count). The van der Waals surface area contributed by atoms with Gasteiger partial charge in [0.05, 0.1) is 6.42 Å². The van der Waals surface area contributed by atoms with Crippen LogP contribution in [0.2, 0.25) is 0 Å². The van der Waals surface area contributed by atoms with Crippen LogP contribution >= 0.6 is 0 Å². The van der Waals surface area contributed by atoms with Gasteiger partial charge in [0.15, 0.2) is 0 Å². The molecule has 1 aromatic rings. The molecule has 14 heavy (non-hydrogen) atoms. The van der Waals surface area contributed by atoms with Crippen LogP contribution in [0.15, 0.2) is 30.3 Å². The first-order valence-electron chi connectivity index (χ1n) is 4.55. The molecule has 0 saturated carbocycles. The van der Waals surface area contributed by atoms with Crippen molar-refractivity contribution >= 4 is 11.7 Å². The van der Waals surface area contributed by atoms with Crippen molar-refractivity contribution in [1.29, 1.82) is 0 Å². The smallest absolute Gasteiger partial charge is 0.305 e. The van der Waals surface area contributed by atoms with Crippen molar-refractivity contribution in [2.24, 2.45) is 0 Å². The van der Waals surface area contributed by atoms with Gasteiger partial charge in [-0.25, -0.2) is 0 Å². The lowest BCUT2D eigenvalue weighted by Gasteiger charge is -2.25. The minimum atomic E-state index is -0.793. The number of hydrogen-bond donors (Lipinski definition) is 2. The Morgan fingerprint density at radius 1 is 1.36 bits per heavy atom. The minimum absolute atomic E-state index is 0.0991. The van der Waals surface area contributed by atoms with Crippen LogP contribution in [0.4, 0.5) is 5.69 Å². The molecule has 0 amide bonds. The van der Waals surface area contributed by atoms with Crippen LogP contribution in [0.3, 0.4) is 0 Å². The molecule has 0 aliphatic rings. The van der Waals surface area contributed by atoms with Gasteiger partial charge < -0.3 is 10.4 Å². The average molecular weight is 193 g/mol. The number of anilines is 1. The Kier molecular flexibility index (Phi) is 3.12. The molecule has 1 aromatic carbocycles. The van der Waals surface area contributed by atoms with E-state index in [1.54, 1.807) is 0 Å². The second-order valence-corrected chi connectivity index (χ2v) is 3.95.